The summed E-state index contributed by atoms with van der Waals surface area (Å²) in [4.78, 5) is 4.49. The Morgan fingerprint density at radius 3 is 2.65 bits per heavy atom. The van der Waals surface area contributed by atoms with Crippen LogP contribution in [0.1, 0.15) is 24.1 Å². The Bertz CT molecular complexity index is 799. The van der Waals surface area contributed by atoms with E-state index in [1.807, 2.05) is 37.3 Å². The SMILES string of the molecule is Cc1ccc2cc(CN(C3CCOCC3)S(C)(=O)=O)ccc2n1. The minimum Gasteiger partial charge on any atom is -0.381 e. The number of aromatic nitrogens is 1. The van der Waals surface area contributed by atoms with Crippen LogP contribution in [0.25, 0.3) is 10.9 Å². The van der Waals surface area contributed by atoms with Gasteiger partial charge < -0.3 is 4.74 Å². The fourth-order valence-electron chi connectivity index (χ4n) is 3.05. The van der Waals surface area contributed by atoms with Crippen LogP contribution in [0.4, 0.5) is 0 Å². The summed E-state index contributed by atoms with van der Waals surface area (Å²) in [6.45, 7) is 3.60. The summed E-state index contributed by atoms with van der Waals surface area (Å²) in [5, 5.41) is 1.04. The number of nitrogens with zero attached hydrogens (tertiary/aromatic N) is 2. The second kappa shape index (κ2) is 6.55. The van der Waals surface area contributed by atoms with Gasteiger partial charge in [0.05, 0.1) is 11.8 Å². The van der Waals surface area contributed by atoms with E-state index in [9.17, 15) is 8.42 Å². The van der Waals surface area contributed by atoms with Crippen LogP contribution in [0.3, 0.4) is 0 Å². The highest BCUT2D eigenvalue weighted by atomic mass is 32.2. The van der Waals surface area contributed by atoms with Crippen LogP contribution in [0.5, 0.6) is 0 Å². The van der Waals surface area contributed by atoms with E-state index >= 15 is 0 Å². The van der Waals surface area contributed by atoms with Crippen LogP contribution < -0.4 is 0 Å². The zero-order valence-electron chi connectivity index (χ0n) is 13.5. The number of aryl methyl sites for hydroxylation is 1. The van der Waals surface area contributed by atoms with Crippen molar-refractivity contribution in [1.82, 2.24) is 9.29 Å². The first-order valence-corrected chi connectivity index (χ1v) is 9.69. The molecule has 0 bridgehead atoms. The molecule has 1 aromatic carbocycles. The van der Waals surface area contributed by atoms with Crippen LogP contribution >= 0.6 is 0 Å². The molecule has 23 heavy (non-hydrogen) atoms. The van der Waals surface area contributed by atoms with E-state index in [1.165, 1.54) is 6.26 Å². The lowest BCUT2D eigenvalue weighted by molar-refractivity contribution is 0.0571. The molecule has 1 aliphatic rings. The maximum atomic E-state index is 12.2. The van der Waals surface area contributed by atoms with Gasteiger partial charge in [0.2, 0.25) is 10.0 Å². The maximum Gasteiger partial charge on any atom is 0.211 e. The van der Waals surface area contributed by atoms with Gasteiger partial charge in [-0.25, -0.2) is 8.42 Å². The molecule has 1 aliphatic heterocycles. The lowest BCUT2D eigenvalue weighted by atomic mass is 10.1. The Hall–Kier alpha value is -1.50. The van der Waals surface area contributed by atoms with Crippen molar-refractivity contribution in [3.8, 4) is 0 Å². The molecule has 0 radical (unpaired) electrons. The molecule has 0 unspecified atom stereocenters. The van der Waals surface area contributed by atoms with Crippen LogP contribution in [0.2, 0.25) is 0 Å². The summed E-state index contributed by atoms with van der Waals surface area (Å²) in [6.07, 6.45) is 2.79. The normalized spacial score (nSPS) is 17.0. The number of hydrogen-bond acceptors (Lipinski definition) is 4. The van der Waals surface area contributed by atoms with E-state index in [0.29, 0.717) is 19.8 Å². The average Bonchev–Trinajstić information content (AvgIpc) is 2.52. The summed E-state index contributed by atoms with van der Waals surface area (Å²) in [5.74, 6) is 0. The van der Waals surface area contributed by atoms with Crippen molar-refractivity contribution in [1.29, 1.82) is 0 Å². The Morgan fingerprint density at radius 1 is 1.22 bits per heavy atom. The molecule has 0 atom stereocenters. The van der Waals surface area contributed by atoms with Gasteiger partial charge in [0.15, 0.2) is 0 Å². The lowest BCUT2D eigenvalue weighted by Gasteiger charge is -2.32. The molecule has 6 heteroatoms. The zero-order valence-corrected chi connectivity index (χ0v) is 14.3. The summed E-state index contributed by atoms with van der Waals surface area (Å²) in [5.41, 5.74) is 2.90. The number of fused-ring (bicyclic) bond motifs is 1. The Kier molecular flexibility index (Phi) is 4.66. The van der Waals surface area contributed by atoms with E-state index in [0.717, 1.165) is 35.0 Å². The van der Waals surface area contributed by atoms with Gasteiger partial charge in [-0.2, -0.15) is 4.31 Å². The van der Waals surface area contributed by atoms with Gasteiger partial charge in [-0.15, -0.1) is 0 Å². The van der Waals surface area contributed by atoms with Gasteiger partial charge >= 0.3 is 0 Å². The predicted octanol–water partition coefficient (Wildman–Crippen LogP) is 2.48. The largest absolute Gasteiger partial charge is 0.381 e. The summed E-state index contributed by atoms with van der Waals surface area (Å²) in [6, 6.07) is 9.97. The smallest absolute Gasteiger partial charge is 0.211 e. The zero-order chi connectivity index (χ0) is 16.4. The molecule has 0 saturated carbocycles. The second-order valence-electron chi connectivity index (χ2n) is 6.13. The highest BCUT2D eigenvalue weighted by Gasteiger charge is 2.28. The van der Waals surface area contributed by atoms with Gasteiger partial charge in [0, 0.05) is 36.9 Å². The molecule has 2 aromatic rings. The van der Waals surface area contributed by atoms with Crippen molar-refractivity contribution >= 4 is 20.9 Å². The molecule has 0 N–H and O–H groups in total. The fraction of sp³-hybridized carbons (Fsp3) is 0.471. The van der Waals surface area contributed by atoms with E-state index in [2.05, 4.69) is 4.98 Å². The number of benzene rings is 1. The first-order valence-electron chi connectivity index (χ1n) is 7.84. The third kappa shape index (κ3) is 3.88. The maximum absolute atomic E-state index is 12.2. The fourth-order valence-corrected chi connectivity index (χ4v) is 4.18. The molecule has 0 amide bonds. The van der Waals surface area contributed by atoms with Gasteiger partial charge in [-0.1, -0.05) is 12.1 Å². The standard InChI is InChI=1S/C17H22N2O3S/c1-13-3-5-15-11-14(4-6-17(15)18-13)12-19(23(2,20)21)16-7-9-22-10-8-16/h3-6,11,16H,7-10,12H2,1-2H3. The van der Waals surface area contributed by atoms with Crippen molar-refractivity contribution in [3.05, 3.63) is 41.6 Å². The van der Waals surface area contributed by atoms with Crippen molar-refractivity contribution in [2.75, 3.05) is 19.5 Å². The van der Waals surface area contributed by atoms with Crippen LogP contribution in [0.15, 0.2) is 30.3 Å². The quantitative estimate of drug-likeness (QED) is 0.862. The molecule has 2 heterocycles. The minimum atomic E-state index is -3.26. The van der Waals surface area contributed by atoms with E-state index in [4.69, 9.17) is 4.74 Å². The Labute approximate surface area is 137 Å². The van der Waals surface area contributed by atoms with Crippen molar-refractivity contribution in [2.45, 2.75) is 32.4 Å². The molecular formula is C17H22N2O3S. The average molecular weight is 334 g/mol. The number of sulfonamides is 1. The van der Waals surface area contributed by atoms with Gasteiger partial charge in [-0.05, 0) is 43.5 Å². The topological polar surface area (TPSA) is 59.5 Å². The second-order valence-corrected chi connectivity index (χ2v) is 8.07. The van der Waals surface area contributed by atoms with Crippen LogP contribution in [-0.2, 0) is 21.3 Å². The minimum absolute atomic E-state index is 0.0191. The van der Waals surface area contributed by atoms with Gasteiger partial charge in [0.25, 0.3) is 0 Å². The van der Waals surface area contributed by atoms with Crippen molar-refractivity contribution in [3.63, 3.8) is 0 Å². The molecule has 3 rings (SSSR count). The molecule has 0 spiro atoms. The molecule has 5 nitrogen and oxygen atoms in total. The van der Waals surface area contributed by atoms with Gasteiger partial charge in [0.1, 0.15) is 0 Å². The number of hydrogen-bond donors (Lipinski definition) is 0. The molecule has 124 valence electrons. The van der Waals surface area contributed by atoms with Crippen LogP contribution in [0, 0.1) is 6.92 Å². The predicted molar refractivity (Wildman–Crippen MR) is 90.7 cm³/mol. The first-order chi connectivity index (χ1) is 10.9. The Balaban J connectivity index is 1.88. The highest BCUT2D eigenvalue weighted by Crippen LogP contribution is 2.22. The molecular weight excluding hydrogens is 312 g/mol. The summed E-state index contributed by atoms with van der Waals surface area (Å²) >= 11 is 0. The number of rotatable bonds is 4. The lowest BCUT2D eigenvalue weighted by Crippen LogP contribution is -2.42. The first kappa shape index (κ1) is 16.4. The van der Waals surface area contributed by atoms with Crippen LogP contribution in [-0.4, -0.2) is 43.2 Å². The number of ether oxygens (including phenoxy) is 1. The van der Waals surface area contributed by atoms with Crippen molar-refractivity contribution < 1.29 is 13.2 Å². The van der Waals surface area contributed by atoms with Crippen molar-refractivity contribution in [2.24, 2.45) is 0 Å². The number of pyridine rings is 1. The molecule has 0 aliphatic carbocycles. The van der Waals surface area contributed by atoms with E-state index in [-0.39, 0.29) is 6.04 Å². The van der Waals surface area contributed by atoms with E-state index < -0.39 is 10.0 Å². The third-order valence-corrected chi connectivity index (χ3v) is 5.53. The molecule has 1 aromatic heterocycles. The highest BCUT2D eigenvalue weighted by molar-refractivity contribution is 7.88. The Morgan fingerprint density at radius 2 is 1.96 bits per heavy atom. The van der Waals surface area contributed by atoms with Gasteiger partial charge in [-0.3, -0.25) is 4.98 Å². The summed E-state index contributed by atoms with van der Waals surface area (Å²) < 4.78 is 31.4. The summed E-state index contributed by atoms with van der Waals surface area (Å²) in [7, 11) is -3.26. The van der Waals surface area contributed by atoms with E-state index in [1.54, 1.807) is 4.31 Å². The molecule has 1 fully saturated rings. The molecule has 1 saturated heterocycles. The monoisotopic (exact) mass is 334 g/mol. The third-order valence-electron chi connectivity index (χ3n) is 4.26.